The molecule has 2 unspecified atom stereocenters. The van der Waals surface area contributed by atoms with Gasteiger partial charge >= 0.3 is 0 Å². The molecule has 0 radical (unpaired) electrons. The minimum absolute atomic E-state index is 0.260. The van der Waals surface area contributed by atoms with E-state index in [4.69, 9.17) is 18.9 Å². The Morgan fingerprint density at radius 1 is 1.55 bits per heavy atom. The van der Waals surface area contributed by atoms with E-state index in [0.717, 1.165) is 6.61 Å². The summed E-state index contributed by atoms with van der Waals surface area (Å²) in [7, 11) is 3.21. The van der Waals surface area contributed by atoms with Crippen molar-refractivity contribution in [2.24, 2.45) is 0 Å². The van der Waals surface area contributed by atoms with Crippen molar-refractivity contribution in [1.82, 2.24) is 0 Å². The van der Waals surface area contributed by atoms with Gasteiger partial charge in [-0.2, -0.15) is 0 Å². The summed E-state index contributed by atoms with van der Waals surface area (Å²) in [5, 5.41) is 0. The number of rotatable bonds is 6. The Hall–Kier alpha value is -0.160. The molecule has 4 nitrogen and oxygen atoms in total. The molecule has 0 bridgehead atoms. The van der Waals surface area contributed by atoms with E-state index in [1.807, 2.05) is 0 Å². The van der Waals surface area contributed by atoms with Crippen molar-refractivity contribution in [1.29, 1.82) is 0 Å². The van der Waals surface area contributed by atoms with Crippen LogP contribution in [0.4, 0.5) is 0 Å². The molecule has 1 fully saturated rings. The van der Waals surface area contributed by atoms with E-state index in [2.05, 4.69) is 0 Å². The molecule has 1 saturated heterocycles. The summed E-state index contributed by atoms with van der Waals surface area (Å²) in [6.45, 7) is 1.87. The molecule has 2 atom stereocenters. The highest BCUT2D eigenvalue weighted by Gasteiger charge is 2.24. The maximum absolute atomic E-state index is 5.28. The minimum Gasteiger partial charge on any atom is -0.379 e. The third-order valence-corrected chi connectivity index (χ3v) is 1.44. The fourth-order valence-electron chi connectivity index (χ4n) is 0.699. The van der Waals surface area contributed by atoms with E-state index in [9.17, 15) is 0 Å². The lowest BCUT2D eigenvalue weighted by Gasteiger charge is -2.13. The van der Waals surface area contributed by atoms with Crippen LogP contribution in [-0.2, 0) is 18.9 Å². The number of hydrogen-bond donors (Lipinski definition) is 0. The van der Waals surface area contributed by atoms with Crippen LogP contribution < -0.4 is 0 Å². The van der Waals surface area contributed by atoms with Gasteiger partial charge in [-0.3, -0.25) is 0 Å². The van der Waals surface area contributed by atoms with Crippen LogP contribution in [0.25, 0.3) is 0 Å². The molecule has 1 rings (SSSR count). The van der Waals surface area contributed by atoms with E-state index >= 15 is 0 Å². The molecule has 0 amide bonds. The quantitative estimate of drug-likeness (QED) is 0.408. The number of methoxy groups -OCH3 is 2. The molecule has 1 aliphatic rings. The van der Waals surface area contributed by atoms with Gasteiger partial charge in [-0.25, -0.2) is 0 Å². The maximum atomic E-state index is 5.28. The van der Waals surface area contributed by atoms with Crippen LogP contribution in [0.15, 0.2) is 0 Å². The SMILES string of the molecule is COCC(OC)OCC1CO1. The van der Waals surface area contributed by atoms with Gasteiger partial charge in [0.1, 0.15) is 6.10 Å². The van der Waals surface area contributed by atoms with Gasteiger partial charge in [0.05, 0.1) is 19.8 Å². The zero-order valence-corrected chi connectivity index (χ0v) is 6.91. The predicted molar refractivity (Wildman–Crippen MR) is 38.4 cm³/mol. The third-order valence-electron chi connectivity index (χ3n) is 1.44. The smallest absolute Gasteiger partial charge is 0.180 e. The first-order valence-corrected chi connectivity index (χ1v) is 3.61. The van der Waals surface area contributed by atoms with Crippen molar-refractivity contribution < 1.29 is 18.9 Å². The molecule has 1 aliphatic heterocycles. The Morgan fingerprint density at radius 3 is 2.73 bits per heavy atom. The van der Waals surface area contributed by atoms with Gasteiger partial charge in [0.15, 0.2) is 6.29 Å². The highest BCUT2D eigenvalue weighted by atomic mass is 16.7. The topological polar surface area (TPSA) is 40.2 Å². The fourth-order valence-corrected chi connectivity index (χ4v) is 0.699. The highest BCUT2D eigenvalue weighted by Crippen LogP contribution is 2.09. The van der Waals surface area contributed by atoms with E-state index in [-0.39, 0.29) is 12.4 Å². The number of hydrogen-bond acceptors (Lipinski definition) is 4. The number of epoxide rings is 1. The van der Waals surface area contributed by atoms with Crippen molar-refractivity contribution in [3.8, 4) is 0 Å². The number of ether oxygens (including phenoxy) is 4. The van der Waals surface area contributed by atoms with Gasteiger partial charge in [-0.15, -0.1) is 0 Å². The Morgan fingerprint density at radius 2 is 2.27 bits per heavy atom. The second-order valence-electron chi connectivity index (χ2n) is 2.41. The Labute approximate surface area is 66.4 Å². The zero-order valence-electron chi connectivity index (χ0n) is 6.91. The second kappa shape index (κ2) is 4.66. The molecular weight excluding hydrogens is 148 g/mol. The van der Waals surface area contributed by atoms with Gasteiger partial charge in [0.2, 0.25) is 0 Å². The molecule has 66 valence electrons. The molecule has 0 saturated carbocycles. The molecular formula is C7H14O4. The van der Waals surface area contributed by atoms with Crippen LogP contribution in [0.2, 0.25) is 0 Å². The largest absolute Gasteiger partial charge is 0.379 e. The van der Waals surface area contributed by atoms with Crippen LogP contribution in [0.3, 0.4) is 0 Å². The van der Waals surface area contributed by atoms with Crippen LogP contribution in [0.5, 0.6) is 0 Å². The first-order valence-electron chi connectivity index (χ1n) is 3.61. The van der Waals surface area contributed by atoms with Crippen molar-refractivity contribution in [3.05, 3.63) is 0 Å². The van der Waals surface area contributed by atoms with Gasteiger partial charge in [-0.1, -0.05) is 0 Å². The second-order valence-corrected chi connectivity index (χ2v) is 2.41. The monoisotopic (exact) mass is 162 g/mol. The van der Waals surface area contributed by atoms with Crippen molar-refractivity contribution in [3.63, 3.8) is 0 Å². The standard InChI is InChI=1S/C7H14O4/c1-8-5-7(9-2)11-4-6-3-10-6/h6-7H,3-5H2,1-2H3. The first-order chi connectivity index (χ1) is 5.36. The molecule has 0 spiro atoms. The van der Waals surface area contributed by atoms with Gasteiger partial charge in [0, 0.05) is 14.2 Å². The van der Waals surface area contributed by atoms with E-state index in [1.54, 1.807) is 14.2 Å². The first kappa shape index (κ1) is 8.93. The summed E-state index contributed by atoms with van der Waals surface area (Å²) < 4.78 is 20.1. The zero-order chi connectivity index (χ0) is 8.10. The normalized spacial score (nSPS) is 25.1. The Bertz CT molecular complexity index is 103. The summed E-state index contributed by atoms with van der Waals surface area (Å²) in [5.74, 6) is 0. The van der Waals surface area contributed by atoms with E-state index < -0.39 is 0 Å². The molecule has 0 aromatic rings. The van der Waals surface area contributed by atoms with Crippen molar-refractivity contribution in [2.75, 3.05) is 34.0 Å². The van der Waals surface area contributed by atoms with E-state index in [0.29, 0.717) is 13.2 Å². The average molecular weight is 162 g/mol. The van der Waals surface area contributed by atoms with Gasteiger partial charge in [-0.05, 0) is 0 Å². The molecule has 0 aliphatic carbocycles. The van der Waals surface area contributed by atoms with Crippen LogP contribution in [0, 0.1) is 0 Å². The lowest BCUT2D eigenvalue weighted by atomic mass is 10.5. The Kier molecular flexibility index (Phi) is 3.79. The highest BCUT2D eigenvalue weighted by molar-refractivity contribution is 4.67. The average Bonchev–Trinajstić information content (AvgIpc) is 2.81. The van der Waals surface area contributed by atoms with Gasteiger partial charge < -0.3 is 18.9 Å². The molecule has 1 heterocycles. The summed E-state index contributed by atoms with van der Waals surface area (Å²) >= 11 is 0. The Balaban J connectivity index is 1.98. The maximum Gasteiger partial charge on any atom is 0.180 e. The van der Waals surface area contributed by atoms with Crippen LogP contribution in [-0.4, -0.2) is 46.4 Å². The van der Waals surface area contributed by atoms with E-state index in [1.165, 1.54) is 0 Å². The molecule has 11 heavy (non-hydrogen) atoms. The summed E-state index contributed by atoms with van der Waals surface area (Å²) in [4.78, 5) is 0. The van der Waals surface area contributed by atoms with Gasteiger partial charge in [0.25, 0.3) is 0 Å². The van der Waals surface area contributed by atoms with Crippen molar-refractivity contribution in [2.45, 2.75) is 12.4 Å². The van der Waals surface area contributed by atoms with Crippen LogP contribution in [0.1, 0.15) is 0 Å². The summed E-state index contributed by atoms with van der Waals surface area (Å²) in [6, 6.07) is 0. The molecule has 0 aromatic heterocycles. The fraction of sp³-hybridized carbons (Fsp3) is 1.00. The predicted octanol–water partition coefficient (Wildman–Crippen LogP) is 0.0207. The lowest BCUT2D eigenvalue weighted by molar-refractivity contribution is -0.153. The van der Waals surface area contributed by atoms with Crippen LogP contribution >= 0.6 is 0 Å². The molecule has 0 aromatic carbocycles. The summed E-state index contributed by atoms with van der Waals surface area (Å²) in [6.07, 6.45) is 0.0220. The third kappa shape index (κ3) is 3.67. The van der Waals surface area contributed by atoms with Crippen molar-refractivity contribution >= 4 is 0 Å². The molecule has 4 heteroatoms. The summed E-state index contributed by atoms with van der Waals surface area (Å²) in [5.41, 5.74) is 0. The lowest BCUT2D eigenvalue weighted by Crippen LogP contribution is -2.23. The minimum atomic E-state index is -0.260. The molecule has 0 N–H and O–H groups in total.